The number of likely N-dealkylation sites (N-methyl/N-ethyl adjacent to an activating group) is 1. The van der Waals surface area contributed by atoms with Gasteiger partial charge in [-0.15, -0.1) is 0 Å². The van der Waals surface area contributed by atoms with Crippen LogP contribution in [0.25, 0.3) is 6.08 Å². The van der Waals surface area contributed by atoms with E-state index < -0.39 is 0 Å². The van der Waals surface area contributed by atoms with E-state index in [0.29, 0.717) is 29.7 Å². The topological polar surface area (TPSA) is 83.7 Å². The molecule has 0 radical (unpaired) electrons. The van der Waals surface area contributed by atoms with Crippen LogP contribution in [0.2, 0.25) is 0 Å². The number of hydrogen-bond acceptors (Lipinski definition) is 8. The lowest BCUT2D eigenvalue weighted by Crippen LogP contribution is -2.38. The van der Waals surface area contributed by atoms with Gasteiger partial charge >= 0.3 is 0 Å². The fourth-order valence-electron chi connectivity index (χ4n) is 3.63. The van der Waals surface area contributed by atoms with Crippen molar-refractivity contribution in [1.29, 1.82) is 0 Å². The molecule has 174 valence electrons. The lowest BCUT2D eigenvalue weighted by atomic mass is 10.1. The molecule has 9 heteroatoms. The minimum Gasteiger partial charge on any atom is -0.377 e. The highest BCUT2D eigenvalue weighted by molar-refractivity contribution is 5.59. The molecule has 3 heterocycles. The number of nitrogens with one attached hydrogen (secondary N) is 1. The molecule has 0 unspecified atom stereocenters. The molecule has 1 aliphatic heterocycles. The summed E-state index contributed by atoms with van der Waals surface area (Å²) in [5.41, 5.74) is 1.95. The molecule has 0 aromatic carbocycles. The first-order valence-corrected chi connectivity index (χ1v) is 11.2. The van der Waals surface area contributed by atoms with Gasteiger partial charge in [0.05, 0.1) is 30.4 Å². The van der Waals surface area contributed by atoms with Crippen LogP contribution in [0.15, 0.2) is 29.4 Å². The van der Waals surface area contributed by atoms with E-state index in [1.165, 1.54) is 0 Å². The molecule has 1 fully saturated rings. The number of hydrogen-bond donors (Lipinski definition) is 1. The Morgan fingerprint density at radius 1 is 1.34 bits per heavy atom. The smallest absolute Gasteiger partial charge is 0.227 e. The predicted molar refractivity (Wildman–Crippen MR) is 130 cm³/mol. The Hall–Kier alpha value is -2.78. The van der Waals surface area contributed by atoms with E-state index in [1.54, 1.807) is 6.20 Å². The minimum absolute atomic E-state index is 0.300. The van der Waals surface area contributed by atoms with Crippen molar-refractivity contribution >= 4 is 24.6 Å². The van der Waals surface area contributed by atoms with Crippen molar-refractivity contribution in [3.8, 4) is 0 Å². The van der Waals surface area contributed by atoms with Gasteiger partial charge in [-0.25, -0.2) is 15.0 Å². The van der Waals surface area contributed by atoms with Gasteiger partial charge in [0.1, 0.15) is 11.6 Å². The molecule has 2 aromatic heterocycles. The van der Waals surface area contributed by atoms with E-state index in [2.05, 4.69) is 69.3 Å². The van der Waals surface area contributed by atoms with Crippen molar-refractivity contribution in [3.63, 3.8) is 0 Å². The van der Waals surface area contributed by atoms with Gasteiger partial charge in [-0.05, 0) is 60.5 Å². The second-order valence-corrected chi connectivity index (χ2v) is 8.63. The molecular formula is C23H36N8O. The first-order valence-electron chi connectivity index (χ1n) is 11.2. The highest BCUT2D eigenvalue weighted by Gasteiger charge is 2.21. The van der Waals surface area contributed by atoms with Crippen molar-refractivity contribution in [2.24, 2.45) is 4.99 Å². The van der Waals surface area contributed by atoms with Gasteiger partial charge in [0.2, 0.25) is 5.95 Å². The third-order valence-corrected chi connectivity index (χ3v) is 5.54. The number of rotatable bonds is 10. The van der Waals surface area contributed by atoms with E-state index in [-0.39, 0.29) is 0 Å². The standard InChI is InChI=1S/C23H36N8O/c1-17(2)31-16-26-18(3)20(31)15-22(24-4)27-21-7-10-25-23(28-21)30-11-8-19(9-12-30)32-14-13-29(5)6/h7,10,15-17,19H,4,8-9,11-14H2,1-3,5-6H3,(H,25,27,28)/b22-15+. The van der Waals surface area contributed by atoms with Crippen LogP contribution in [-0.4, -0.2) is 77.6 Å². The Labute approximate surface area is 191 Å². The summed E-state index contributed by atoms with van der Waals surface area (Å²) >= 11 is 0. The number of aliphatic imine (C=N–C) groups is 1. The van der Waals surface area contributed by atoms with Crippen LogP contribution in [0, 0.1) is 6.92 Å². The van der Waals surface area contributed by atoms with Crippen LogP contribution in [-0.2, 0) is 4.74 Å². The van der Waals surface area contributed by atoms with Crippen molar-refractivity contribution in [1.82, 2.24) is 24.4 Å². The number of imidazole rings is 1. The van der Waals surface area contributed by atoms with Gasteiger partial charge in [0.15, 0.2) is 0 Å². The number of piperidine rings is 1. The highest BCUT2D eigenvalue weighted by Crippen LogP contribution is 2.21. The van der Waals surface area contributed by atoms with E-state index >= 15 is 0 Å². The molecule has 0 aliphatic carbocycles. The Morgan fingerprint density at radius 2 is 2.09 bits per heavy atom. The summed E-state index contributed by atoms with van der Waals surface area (Å²) in [7, 11) is 4.12. The summed E-state index contributed by atoms with van der Waals surface area (Å²) in [6.45, 7) is 13.4. The Bertz CT molecular complexity index is 912. The molecule has 1 aliphatic rings. The maximum atomic E-state index is 6.00. The Morgan fingerprint density at radius 3 is 2.75 bits per heavy atom. The Kier molecular flexibility index (Phi) is 8.35. The molecule has 0 atom stereocenters. The molecule has 0 amide bonds. The molecule has 9 nitrogen and oxygen atoms in total. The van der Waals surface area contributed by atoms with Gasteiger partial charge in [-0.2, -0.15) is 4.98 Å². The number of nitrogens with zero attached hydrogens (tertiary/aromatic N) is 7. The summed E-state index contributed by atoms with van der Waals surface area (Å²) in [4.78, 5) is 22.1. The number of ether oxygens (including phenoxy) is 1. The monoisotopic (exact) mass is 440 g/mol. The summed E-state index contributed by atoms with van der Waals surface area (Å²) in [6, 6.07) is 2.14. The Balaban J connectivity index is 1.64. The van der Waals surface area contributed by atoms with Crippen molar-refractivity contribution in [3.05, 3.63) is 35.8 Å². The van der Waals surface area contributed by atoms with Crippen LogP contribution >= 0.6 is 0 Å². The second-order valence-electron chi connectivity index (χ2n) is 8.63. The van der Waals surface area contributed by atoms with Crippen molar-refractivity contribution in [2.45, 2.75) is 45.8 Å². The first kappa shape index (κ1) is 23.9. The minimum atomic E-state index is 0.300. The fourth-order valence-corrected chi connectivity index (χ4v) is 3.63. The lowest BCUT2D eigenvalue weighted by Gasteiger charge is -2.32. The zero-order valence-corrected chi connectivity index (χ0v) is 20.0. The molecule has 1 saturated heterocycles. The molecule has 0 spiro atoms. The molecule has 3 rings (SSSR count). The van der Waals surface area contributed by atoms with E-state index in [4.69, 9.17) is 9.72 Å². The SMILES string of the molecule is C=N/C(=C\c1c(C)ncn1C(C)C)Nc1ccnc(N2CCC(OCCN(C)C)CC2)n1. The zero-order valence-electron chi connectivity index (χ0n) is 20.0. The van der Waals surface area contributed by atoms with Gasteiger partial charge in [-0.1, -0.05) is 0 Å². The predicted octanol–water partition coefficient (Wildman–Crippen LogP) is 3.22. The van der Waals surface area contributed by atoms with Crippen LogP contribution < -0.4 is 10.2 Å². The third-order valence-electron chi connectivity index (χ3n) is 5.54. The first-order chi connectivity index (χ1) is 15.4. The van der Waals surface area contributed by atoms with Gasteiger partial charge < -0.3 is 24.4 Å². The molecule has 2 aromatic rings. The van der Waals surface area contributed by atoms with Gasteiger partial charge in [0.25, 0.3) is 0 Å². The van der Waals surface area contributed by atoms with Crippen LogP contribution in [0.1, 0.15) is 44.1 Å². The maximum absolute atomic E-state index is 6.00. The molecule has 1 N–H and O–H groups in total. The maximum Gasteiger partial charge on any atom is 0.227 e. The van der Waals surface area contributed by atoms with Crippen molar-refractivity contribution in [2.75, 3.05) is 50.6 Å². The lowest BCUT2D eigenvalue weighted by molar-refractivity contribution is 0.0293. The van der Waals surface area contributed by atoms with Gasteiger partial charge in [0, 0.05) is 37.9 Å². The van der Waals surface area contributed by atoms with E-state index in [1.807, 2.05) is 25.4 Å². The third kappa shape index (κ3) is 6.37. The summed E-state index contributed by atoms with van der Waals surface area (Å²) in [5, 5.41) is 3.27. The fraction of sp³-hybridized carbons (Fsp3) is 0.565. The number of anilines is 2. The quantitative estimate of drug-likeness (QED) is 0.568. The number of aryl methyl sites for hydroxylation is 1. The zero-order chi connectivity index (χ0) is 23.1. The van der Waals surface area contributed by atoms with E-state index in [9.17, 15) is 0 Å². The molecule has 32 heavy (non-hydrogen) atoms. The highest BCUT2D eigenvalue weighted by atomic mass is 16.5. The van der Waals surface area contributed by atoms with Crippen LogP contribution in [0.3, 0.4) is 0 Å². The molecule has 0 bridgehead atoms. The van der Waals surface area contributed by atoms with Crippen LogP contribution in [0.4, 0.5) is 11.8 Å². The number of aromatic nitrogens is 4. The summed E-state index contributed by atoms with van der Waals surface area (Å²) in [6.07, 6.45) is 7.84. The average molecular weight is 441 g/mol. The summed E-state index contributed by atoms with van der Waals surface area (Å²) < 4.78 is 8.11. The second kappa shape index (κ2) is 11.2. The molecular weight excluding hydrogens is 404 g/mol. The molecule has 0 saturated carbocycles. The largest absolute Gasteiger partial charge is 0.377 e. The summed E-state index contributed by atoms with van der Waals surface area (Å²) in [5.74, 6) is 2.02. The van der Waals surface area contributed by atoms with E-state index in [0.717, 1.165) is 50.5 Å². The normalized spacial score (nSPS) is 15.6. The van der Waals surface area contributed by atoms with Gasteiger partial charge in [-0.3, -0.25) is 0 Å². The van der Waals surface area contributed by atoms with Crippen LogP contribution in [0.5, 0.6) is 0 Å². The average Bonchev–Trinajstić information content (AvgIpc) is 3.14. The van der Waals surface area contributed by atoms with Crippen molar-refractivity contribution < 1.29 is 4.74 Å².